The van der Waals surface area contributed by atoms with Crippen LogP contribution < -0.4 is 5.32 Å². The van der Waals surface area contributed by atoms with Gasteiger partial charge in [-0.25, -0.2) is 0 Å². The van der Waals surface area contributed by atoms with Gasteiger partial charge in [-0.15, -0.1) is 13.2 Å². The summed E-state index contributed by atoms with van der Waals surface area (Å²) in [5, 5.41) is 12.7. The third-order valence-corrected chi connectivity index (χ3v) is 9.07. The first-order valence-electron chi connectivity index (χ1n) is 15.9. The number of fused-ring (bicyclic) bond motifs is 1. The molecule has 2 bridgehead atoms. The van der Waals surface area contributed by atoms with Gasteiger partial charge in [-0.2, -0.15) is 0 Å². The van der Waals surface area contributed by atoms with Crippen molar-refractivity contribution in [2.24, 2.45) is 11.8 Å². The fourth-order valence-electron chi connectivity index (χ4n) is 7.03. The Morgan fingerprint density at radius 2 is 1.98 bits per heavy atom. The molecule has 0 aromatic heterocycles. The second kappa shape index (κ2) is 15.5. The summed E-state index contributed by atoms with van der Waals surface area (Å²) in [7, 11) is 0. The summed E-state index contributed by atoms with van der Waals surface area (Å²) in [5.74, 6) is -2.89. The standard InChI is InChI=1S/C34H47N3O7/c1-4-7-12-20-36(19-6-3)33(42)30-34-18-17-26(44-34)28(29(34)32(41)37(30)21-13-22-38)31(40)35-25(24-14-10-9-11-15-24)23-43-27(39)16-8-5-2/h5-6,9-11,14-15,25-26,28-30,38H,2-4,7-8,12-13,16-23H2,1H3,(H,35,40)/t25-,26-,28+,29+,30-,34+/m0/s1. The predicted octanol–water partition coefficient (Wildman–Crippen LogP) is 3.32. The number of hydrogen-bond acceptors (Lipinski definition) is 7. The minimum atomic E-state index is -1.13. The van der Waals surface area contributed by atoms with Crippen LogP contribution >= 0.6 is 0 Å². The summed E-state index contributed by atoms with van der Waals surface area (Å²) in [6, 6.07) is 7.72. The first-order chi connectivity index (χ1) is 21.3. The van der Waals surface area contributed by atoms with Crippen LogP contribution in [0, 0.1) is 11.8 Å². The number of allylic oxidation sites excluding steroid dienone is 1. The third kappa shape index (κ3) is 6.91. The first kappa shape index (κ1) is 33.4. The molecule has 10 nitrogen and oxygen atoms in total. The monoisotopic (exact) mass is 609 g/mol. The molecule has 0 unspecified atom stereocenters. The van der Waals surface area contributed by atoms with Crippen molar-refractivity contribution in [3.05, 3.63) is 61.2 Å². The zero-order valence-electron chi connectivity index (χ0n) is 25.8. The zero-order chi connectivity index (χ0) is 31.7. The molecule has 6 atom stereocenters. The van der Waals surface area contributed by atoms with E-state index in [9.17, 15) is 24.3 Å². The summed E-state index contributed by atoms with van der Waals surface area (Å²) in [5.41, 5.74) is -0.362. The number of nitrogens with one attached hydrogen (secondary N) is 1. The van der Waals surface area contributed by atoms with Crippen molar-refractivity contribution in [2.75, 3.05) is 32.8 Å². The molecule has 0 radical (unpaired) electrons. The smallest absolute Gasteiger partial charge is 0.306 e. The van der Waals surface area contributed by atoms with Crippen molar-refractivity contribution in [1.82, 2.24) is 15.1 Å². The minimum Gasteiger partial charge on any atom is -0.463 e. The highest BCUT2D eigenvalue weighted by atomic mass is 16.5. The Labute approximate surface area is 260 Å². The van der Waals surface area contributed by atoms with E-state index in [2.05, 4.69) is 25.4 Å². The number of nitrogens with zero attached hydrogens (tertiary/aromatic N) is 2. The summed E-state index contributed by atoms with van der Waals surface area (Å²) >= 11 is 0. The Kier molecular flexibility index (Phi) is 11.7. The van der Waals surface area contributed by atoms with E-state index in [0.29, 0.717) is 38.8 Å². The van der Waals surface area contributed by atoms with Crippen molar-refractivity contribution >= 4 is 23.7 Å². The summed E-state index contributed by atoms with van der Waals surface area (Å²) in [4.78, 5) is 58.0. The van der Waals surface area contributed by atoms with Crippen LogP contribution in [0.25, 0.3) is 0 Å². The third-order valence-electron chi connectivity index (χ3n) is 9.07. The number of ether oxygens (including phenoxy) is 2. The maximum atomic E-state index is 14.2. The lowest BCUT2D eigenvalue weighted by atomic mass is 9.70. The van der Waals surface area contributed by atoms with Crippen LogP contribution in [0.2, 0.25) is 0 Å². The van der Waals surface area contributed by atoms with Crippen LogP contribution in [0.1, 0.15) is 69.9 Å². The van der Waals surface area contributed by atoms with Crippen LogP contribution in [0.3, 0.4) is 0 Å². The van der Waals surface area contributed by atoms with Gasteiger partial charge in [0.2, 0.25) is 17.7 Å². The molecule has 10 heteroatoms. The average Bonchev–Trinajstić information content (AvgIpc) is 3.67. The molecule has 3 heterocycles. The lowest BCUT2D eigenvalue weighted by Gasteiger charge is -2.36. The predicted molar refractivity (Wildman–Crippen MR) is 165 cm³/mol. The normalized spacial score (nSPS) is 25.8. The van der Waals surface area contributed by atoms with Gasteiger partial charge < -0.3 is 29.7 Å². The van der Waals surface area contributed by atoms with Crippen LogP contribution in [0.15, 0.2) is 55.6 Å². The van der Waals surface area contributed by atoms with Crippen LogP contribution in [-0.2, 0) is 28.7 Å². The molecule has 44 heavy (non-hydrogen) atoms. The molecular weight excluding hydrogens is 562 g/mol. The quantitative estimate of drug-likeness (QED) is 0.149. The van der Waals surface area contributed by atoms with E-state index >= 15 is 0 Å². The number of hydrogen-bond donors (Lipinski definition) is 2. The number of esters is 1. The van der Waals surface area contributed by atoms with E-state index in [1.165, 1.54) is 4.90 Å². The van der Waals surface area contributed by atoms with E-state index in [4.69, 9.17) is 9.47 Å². The molecule has 1 aromatic rings. The Morgan fingerprint density at radius 3 is 2.66 bits per heavy atom. The number of benzene rings is 1. The van der Waals surface area contributed by atoms with Gasteiger partial charge in [-0.1, -0.05) is 62.2 Å². The van der Waals surface area contributed by atoms with Crippen molar-refractivity contribution in [1.29, 1.82) is 0 Å². The number of aliphatic hydroxyl groups excluding tert-OH is 1. The van der Waals surface area contributed by atoms with Gasteiger partial charge in [0.1, 0.15) is 18.2 Å². The van der Waals surface area contributed by atoms with Gasteiger partial charge in [-0.05, 0) is 37.7 Å². The Morgan fingerprint density at radius 1 is 1.20 bits per heavy atom. The molecule has 3 saturated heterocycles. The summed E-state index contributed by atoms with van der Waals surface area (Å²) < 4.78 is 12.1. The molecule has 1 aromatic carbocycles. The fraction of sp³-hybridized carbons (Fsp3) is 0.588. The van der Waals surface area contributed by atoms with Gasteiger partial charge in [-0.3, -0.25) is 19.2 Å². The van der Waals surface area contributed by atoms with Crippen molar-refractivity contribution in [3.8, 4) is 0 Å². The van der Waals surface area contributed by atoms with Gasteiger partial charge in [0, 0.05) is 32.7 Å². The van der Waals surface area contributed by atoms with Crippen LogP contribution in [-0.4, -0.2) is 89.2 Å². The molecule has 0 aliphatic carbocycles. The van der Waals surface area contributed by atoms with E-state index in [-0.39, 0.29) is 43.9 Å². The Bertz CT molecular complexity index is 1190. The maximum absolute atomic E-state index is 14.2. The molecule has 3 aliphatic heterocycles. The lowest BCUT2D eigenvalue weighted by molar-refractivity contribution is -0.148. The van der Waals surface area contributed by atoms with Crippen LogP contribution in [0.4, 0.5) is 0 Å². The molecule has 2 N–H and O–H groups in total. The van der Waals surface area contributed by atoms with E-state index in [1.807, 2.05) is 30.3 Å². The number of aliphatic hydroxyl groups is 1. The number of carbonyl (C=O) groups excluding carboxylic acids is 4. The summed E-state index contributed by atoms with van der Waals surface area (Å²) in [6.45, 7) is 10.4. The van der Waals surface area contributed by atoms with E-state index in [1.54, 1.807) is 17.1 Å². The van der Waals surface area contributed by atoms with E-state index in [0.717, 1.165) is 24.8 Å². The highest BCUT2D eigenvalue weighted by Crippen LogP contribution is 2.58. The number of rotatable bonds is 18. The van der Waals surface area contributed by atoms with Gasteiger partial charge in [0.05, 0.1) is 24.0 Å². The number of carbonyl (C=O) groups is 4. The van der Waals surface area contributed by atoms with E-state index < -0.39 is 41.6 Å². The number of likely N-dealkylation sites (tertiary alicyclic amines) is 1. The maximum Gasteiger partial charge on any atom is 0.306 e. The SMILES string of the molecule is C=CCCC(=O)OC[C@H](NC(=O)[C@@H]1[C@@H]2CC[C@]3(O2)[C@H](C(=O)N(CC=C)CCCCC)N(CCCO)C(=O)[C@@H]13)c1ccccc1. The molecule has 3 aliphatic rings. The summed E-state index contributed by atoms with van der Waals surface area (Å²) in [6.07, 6.45) is 7.65. The largest absolute Gasteiger partial charge is 0.463 e. The topological polar surface area (TPSA) is 125 Å². The Balaban J connectivity index is 1.60. The van der Waals surface area contributed by atoms with Crippen molar-refractivity contribution in [2.45, 2.75) is 82.1 Å². The molecule has 240 valence electrons. The second-order valence-electron chi connectivity index (χ2n) is 11.9. The average molecular weight is 610 g/mol. The van der Waals surface area contributed by atoms with Gasteiger partial charge in [0.15, 0.2) is 0 Å². The second-order valence-corrected chi connectivity index (χ2v) is 11.9. The zero-order valence-corrected chi connectivity index (χ0v) is 25.8. The highest BCUT2D eigenvalue weighted by molar-refractivity contribution is 5.99. The van der Waals surface area contributed by atoms with Gasteiger partial charge >= 0.3 is 5.97 Å². The molecule has 0 saturated carbocycles. The van der Waals surface area contributed by atoms with Crippen molar-refractivity contribution in [3.63, 3.8) is 0 Å². The van der Waals surface area contributed by atoms with Gasteiger partial charge in [0.25, 0.3) is 0 Å². The number of amides is 3. The van der Waals surface area contributed by atoms with Crippen LogP contribution in [0.5, 0.6) is 0 Å². The lowest BCUT2D eigenvalue weighted by Crippen LogP contribution is -2.56. The molecule has 3 fully saturated rings. The molecule has 1 spiro atoms. The fourth-order valence-corrected chi connectivity index (χ4v) is 7.03. The molecule has 3 amide bonds. The molecular formula is C34H47N3O7. The minimum absolute atomic E-state index is 0.0638. The first-order valence-corrected chi connectivity index (χ1v) is 15.9. The number of unbranched alkanes of at least 4 members (excludes halogenated alkanes) is 2. The molecule has 4 rings (SSSR count). The van der Waals surface area contributed by atoms with Crippen molar-refractivity contribution < 1.29 is 33.8 Å². The Hall–Kier alpha value is -3.50. The highest BCUT2D eigenvalue weighted by Gasteiger charge is 2.74.